The molecule has 0 aliphatic rings. The smallest absolute Gasteiger partial charge is 0.255 e. The summed E-state index contributed by atoms with van der Waals surface area (Å²) in [7, 11) is 9.11. The number of nitrogens with zero attached hydrogens (tertiary/aromatic N) is 2. The number of unbranched alkanes of at least 4 members (excludes halogenated alkanes) is 6. The van der Waals surface area contributed by atoms with Gasteiger partial charge in [-0.05, 0) is 85.3 Å². The number of nitrogens with one attached hydrogen (secondary N) is 2. The molecule has 4 aromatic rings. The highest BCUT2D eigenvalue weighted by molar-refractivity contribution is 6.05. The summed E-state index contributed by atoms with van der Waals surface area (Å²) in [6.07, 6.45) is 14.3. The van der Waals surface area contributed by atoms with Gasteiger partial charge in [0.15, 0.2) is 0 Å². The maximum absolute atomic E-state index is 12.9. The first-order valence-electron chi connectivity index (χ1n) is 19.3. The predicted molar refractivity (Wildman–Crippen MR) is 220 cm³/mol. The molecule has 0 aliphatic heterocycles. The number of hydrogen-bond acceptors (Lipinski definition) is 2. The number of rotatable bonds is 20. The van der Waals surface area contributed by atoms with E-state index >= 15 is 0 Å². The van der Waals surface area contributed by atoms with Crippen LogP contribution in [0.5, 0.6) is 0 Å². The predicted octanol–water partition coefficient (Wildman–Crippen LogP) is 4.68. The molecule has 0 saturated carbocycles. The van der Waals surface area contributed by atoms with Gasteiger partial charge in [-0.2, -0.15) is 0 Å². The summed E-state index contributed by atoms with van der Waals surface area (Å²) in [5, 5.41) is 6.04. The van der Waals surface area contributed by atoms with Gasteiger partial charge >= 0.3 is 0 Å². The van der Waals surface area contributed by atoms with E-state index in [0.29, 0.717) is 11.1 Å². The van der Waals surface area contributed by atoms with Crippen molar-refractivity contribution >= 4 is 35.3 Å². The zero-order chi connectivity index (χ0) is 37.4. The first kappa shape index (κ1) is 46.2. The third-order valence-corrected chi connectivity index (χ3v) is 9.69. The van der Waals surface area contributed by atoms with Gasteiger partial charge in [0.05, 0.1) is 41.3 Å². The largest absolute Gasteiger partial charge is 1.00 e. The summed E-state index contributed by atoms with van der Waals surface area (Å²) in [5.74, 6) is -0.224. The average Bonchev–Trinajstić information content (AvgIpc) is 3.12. The molecule has 0 aromatic heterocycles. The van der Waals surface area contributed by atoms with E-state index in [4.69, 9.17) is 0 Å². The number of carbonyl (C=O) groups is 2. The molecule has 4 rings (SSSR count). The summed E-state index contributed by atoms with van der Waals surface area (Å²) in [6.45, 7) is 8.72. The average molecular weight is 774 g/mol. The Kier molecular flexibility index (Phi) is 19.8. The third kappa shape index (κ3) is 16.2. The molecule has 0 radical (unpaired) electrons. The fourth-order valence-electron chi connectivity index (χ4n) is 6.56. The van der Waals surface area contributed by atoms with Crippen LogP contribution in [0.1, 0.15) is 108 Å². The van der Waals surface area contributed by atoms with Crippen molar-refractivity contribution in [3.63, 3.8) is 0 Å². The molecule has 0 fully saturated rings. The molecule has 2 amide bonds. The molecule has 6 nitrogen and oxygen atoms in total. The zero-order valence-corrected chi connectivity index (χ0v) is 34.9. The summed E-state index contributed by atoms with van der Waals surface area (Å²) in [5.41, 5.74) is 7.36. The molecule has 8 heteroatoms. The zero-order valence-electron chi connectivity index (χ0n) is 33.3. The first-order chi connectivity index (χ1) is 24.9. The number of quaternary nitrogens is 2. The van der Waals surface area contributed by atoms with Crippen molar-refractivity contribution in [2.45, 2.75) is 78.3 Å². The minimum Gasteiger partial charge on any atom is -1.00 e. The molecular weight excluding hydrogens is 711 g/mol. The lowest BCUT2D eigenvalue weighted by Gasteiger charge is -2.30. The van der Waals surface area contributed by atoms with Gasteiger partial charge in [0.1, 0.15) is 13.1 Å². The van der Waals surface area contributed by atoms with E-state index < -0.39 is 0 Å². The lowest BCUT2D eigenvalue weighted by Crippen LogP contribution is -3.00. The standard InChI is InChI=1S/C46H60N4O2.2ClH/c1-7-9-11-13-33-49(3,4)35-39-17-25-41(26-18-39)45(51)47-43-29-21-37(22-30-43)15-16-38-23-31-44(32-24-38)48-46(52)42-27-19-40(20-28-42)36-50(5,6)34-14-12-10-8-2;;/h15-32H,7-14,33-36H2,1-6H3;2*1H/b16-15+;;. The van der Waals surface area contributed by atoms with Crippen LogP contribution in [0.4, 0.5) is 11.4 Å². The quantitative estimate of drug-likeness (QED) is 0.0780. The highest BCUT2D eigenvalue weighted by atomic mass is 35.5. The van der Waals surface area contributed by atoms with Crippen LogP contribution in [-0.4, -0.2) is 62.1 Å². The van der Waals surface area contributed by atoms with E-state index in [9.17, 15) is 9.59 Å². The SMILES string of the molecule is CCCCCC[N+](C)(C)Cc1ccc(C(=O)Nc2ccc(/C=C/c3ccc(NC(=O)c4ccc(C[N+](C)(C)CCCCCC)cc4)cc3)cc2)cc1.[Cl-].[Cl-]. The molecule has 4 aromatic carbocycles. The Morgan fingerprint density at radius 2 is 0.815 bits per heavy atom. The second-order valence-corrected chi connectivity index (χ2v) is 15.6. The molecule has 0 bridgehead atoms. The van der Waals surface area contributed by atoms with Crippen LogP contribution in [-0.2, 0) is 13.1 Å². The van der Waals surface area contributed by atoms with E-state index in [0.717, 1.165) is 57.6 Å². The minimum atomic E-state index is -0.112. The van der Waals surface area contributed by atoms with Crippen molar-refractivity contribution in [3.8, 4) is 0 Å². The Morgan fingerprint density at radius 1 is 0.481 bits per heavy atom. The van der Waals surface area contributed by atoms with E-state index in [1.165, 1.54) is 62.5 Å². The van der Waals surface area contributed by atoms with Crippen molar-refractivity contribution < 1.29 is 43.4 Å². The Morgan fingerprint density at radius 3 is 1.13 bits per heavy atom. The van der Waals surface area contributed by atoms with Gasteiger partial charge in [0.2, 0.25) is 0 Å². The number of anilines is 2. The van der Waals surface area contributed by atoms with Crippen LogP contribution in [0.3, 0.4) is 0 Å². The lowest BCUT2D eigenvalue weighted by molar-refractivity contribution is -0.903. The summed E-state index contributed by atoms with van der Waals surface area (Å²) >= 11 is 0. The highest BCUT2D eigenvalue weighted by Gasteiger charge is 2.17. The van der Waals surface area contributed by atoms with Crippen molar-refractivity contribution in [2.24, 2.45) is 0 Å². The van der Waals surface area contributed by atoms with Crippen molar-refractivity contribution in [1.29, 1.82) is 0 Å². The van der Waals surface area contributed by atoms with Gasteiger partial charge < -0.3 is 44.4 Å². The monoisotopic (exact) mass is 772 g/mol. The van der Waals surface area contributed by atoms with Crippen LogP contribution in [0.25, 0.3) is 12.2 Å². The fraction of sp³-hybridized carbons (Fsp3) is 0.391. The first-order valence-corrected chi connectivity index (χ1v) is 19.3. The summed E-state index contributed by atoms with van der Waals surface area (Å²) < 4.78 is 1.90. The number of halogens is 2. The number of carbonyl (C=O) groups excluding carboxylic acids is 2. The molecule has 0 heterocycles. The van der Waals surface area contributed by atoms with Crippen molar-refractivity contribution in [2.75, 3.05) is 51.9 Å². The maximum Gasteiger partial charge on any atom is 0.255 e. The summed E-state index contributed by atoms with van der Waals surface area (Å²) in [6, 6.07) is 31.6. The van der Waals surface area contributed by atoms with Crippen LogP contribution in [0, 0.1) is 0 Å². The van der Waals surface area contributed by atoms with Crippen LogP contribution in [0.15, 0.2) is 97.1 Å². The fourth-order valence-corrected chi connectivity index (χ4v) is 6.56. The molecule has 0 unspecified atom stereocenters. The minimum absolute atomic E-state index is 0. The molecule has 0 spiro atoms. The van der Waals surface area contributed by atoms with E-state index in [-0.39, 0.29) is 36.6 Å². The second-order valence-electron chi connectivity index (χ2n) is 15.6. The Bertz CT molecular complexity index is 1590. The van der Waals surface area contributed by atoms with Gasteiger partial charge in [0.25, 0.3) is 11.8 Å². The van der Waals surface area contributed by atoms with Crippen LogP contribution >= 0.6 is 0 Å². The number of amides is 2. The molecule has 2 N–H and O–H groups in total. The Hall–Kier alpha value is -3.94. The van der Waals surface area contributed by atoms with Crippen molar-refractivity contribution in [1.82, 2.24) is 0 Å². The van der Waals surface area contributed by atoms with E-state index in [2.05, 4.69) is 76.9 Å². The second kappa shape index (κ2) is 23.1. The topological polar surface area (TPSA) is 58.2 Å². The molecule has 0 aliphatic carbocycles. The number of benzene rings is 4. The van der Waals surface area contributed by atoms with Gasteiger partial charge in [-0.15, -0.1) is 0 Å². The number of hydrogen-bond donors (Lipinski definition) is 2. The van der Waals surface area contributed by atoms with E-state index in [1.807, 2.05) is 84.9 Å². The van der Waals surface area contributed by atoms with Gasteiger partial charge in [-0.1, -0.05) is 100 Å². The van der Waals surface area contributed by atoms with Gasteiger partial charge in [-0.3, -0.25) is 9.59 Å². The normalized spacial score (nSPS) is 11.4. The van der Waals surface area contributed by atoms with E-state index in [1.54, 1.807) is 0 Å². The molecule has 0 saturated heterocycles. The Labute approximate surface area is 338 Å². The molecule has 0 atom stereocenters. The van der Waals surface area contributed by atoms with Crippen LogP contribution < -0.4 is 35.4 Å². The molecule has 54 heavy (non-hydrogen) atoms. The van der Waals surface area contributed by atoms with Crippen molar-refractivity contribution in [3.05, 3.63) is 130 Å². The Balaban J connectivity index is 0.00000504. The molecule has 292 valence electrons. The third-order valence-electron chi connectivity index (χ3n) is 9.69. The summed E-state index contributed by atoms with van der Waals surface area (Å²) in [4.78, 5) is 25.9. The molecular formula is C46H62Cl2N4O2. The lowest BCUT2D eigenvalue weighted by atomic mass is 10.1. The maximum atomic E-state index is 12.9. The highest BCUT2D eigenvalue weighted by Crippen LogP contribution is 2.19. The van der Waals surface area contributed by atoms with Crippen LogP contribution in [0.2, 0.25) is 0 Å². The van der Waals surface area contributed by atoms with Gasteiger partial charge in [-0.25, -0.2) is 0 Å². The van der Waals surface area contributed by atoms with Gasteiger partial charge in [0, 0.05) is 33.6 Å².